The molecule has 2 aromatic rings. The lowest BCUT2D eigenvalue weighted by molar-refractivity contribution is 0.289. The van der Waals surface area contributed by atoms with Crippen LogP contribution in [0.2, 0.25) is 5.02 Å². The zero-order valence-corrected chi connectivity index (χ0v) is 11.6. The van der Waals surface area contributed by atoms with Crippen LogP contribution in [0, 0.1) is 0 Å². The number of halogens is 1. The van der Waals surface area contributed by atoms with Crippen LogP contribution in [0.15, 0.2) is 54.6 Å². The fourth-order valence-electron chi connectivity index (χ4n) is 2.65. The molecule has 2 aromatic carbocycles. The lowest BCUT2D eigenvalue weighted by Crippen LogP contribution is -2.39. The van der Waals surface area contributed by atoms with Crippen LogP contribution in [-0.4, -0.2) is 6.04 Å². The molecule has 0 heterocycles. The molecule has 0 saturated heterocycles. The van der Waals surface area contributed by atoms with E-state index in [1.165, 1.54) is 24.0 Å². The molecule has 98 valence electrons. The van der Waals surface area contributed by atoms with Crippen molar-refractivity contribution < 1.29 is 0 Å². The largest absolute Gasteiger partial charge is 0.310 e. The summed E-state index contributed by atoms with van der Waals surface area (Å²) in [6, 6.07) is 19.5. The maximum Gasteiger partial charge on any atom is 0.0406 e. The molecule has 0 bridgehead atoms. The standard InChI is InChI=1S/C17H18ClN/c18-16-8-6-14(7-9-16)15-10-17(11-15)19-12-13-4-2-1-3-5-13/h1-9,15,17,19H,10-12H2. The van der Waals surface area contributed by atoms with Gasteiger partial charge in [-0.2, -0.15) is 0 Å². The van der Waals surface area contributed by atoms with E-state index in [-0.39, 0.29) is 0 Å². The molecule has 2 heteroatoms. The van der Waals surface area contributed by atoms with E-state index in [1.807, 2.05) is 12.1 Å². The molecular weight excluding hydrogens is 254 g/mol. The van der Waals surface area contributed by atoms with Gasteiger partial charge in [0.05, 0.1) is 0 Å². The second-order valence-corrected chi connectivity index (χ2v) is 5.72. The molecule has 1 saturated carbocycles. The van der Waals surface area contributed by atoms with Crippen molar-refractivity contribution in [1.29, 1.82) is 0 Å². The molecule has 3 rings (SSSR count). The van der Waals surface area contributed by atoms with Gasteiger partial charge in [0.25, 0.3) is 0 Å². The maximum atomic E-state index is 5.91. The molecule has 0 aromatic heterocycles. The summed E-state index contributed by atoms with van der Waals surface area (Å²) in [5, 5.41) is 4.44. The number of nitrogens with one attached hydrogen (secondary N) is 1. The van der Waals surface area contributed by atoms with E-state index in [0.717, 1.165) is 11.6 Å². The van der Waals surface area contributed by atoms with Gasteiger partial charge in [-0.15, -0.1) is 0 Å². The first-order valence-electron chi connectivity index (χ1n) is 6.84. The predicted molar refractivity (Wildman–Crippen MR) is 80.5 cm³/mol. The van der Waals surface area contributed by atoms with Gasteiger partial charge < -0.3 is 5.32 Å². The van der Waals surface area contributed by atoms with Crippen molar-refractivity contribution in [3.05, 3.63) is 70.7 Å². The summed E-state index contributed by atoms with van der Waals surface area (Å²) in [5.74, 6) is 0.700. The first kappa shape index (κ1) is 12.7. The normalized spacial score (nSPS) is 21.9. The summed E-state index contributed by atoms with van der Waals surface area (Å²) in [6.07, 6.45) is 2.46. The van der Waals surface area contributed by atoms with Gasteiger partial charge in [0.15, 0.2) is 0 Å². The molecular formula is C17H18ClN. The minimum absolute atomic E-state index is 0.654. The number of rotatable bonds is 4. The van der Waals surface area contributed by atoms with Crippen molar-refractivity contribution in [2.24, 2.45) is 0 Å². The second-order valence-electron chi connectivity index (χ2n) is 5.28. The SMILES string of the molecule is Clc1ccc(C2CC(NCc3ccccc3)C2)cc1. The van der Waals surface area contributed by atoms with Crippen LogP contribution in [0.3, 0.4) is 0 Å². The van der Waals surface area contributed by atoms with E-state index in [1.54, 1.807) is 0 Å². The molecule has 1 aliphatic rings. The van der Waals surface area contributed by atoms with Gasteiger partial charge in [-0.25, -0.2) is 0 Å². The first-order chi connectivity index (χ1) is 9.31. The molecule has 1 N–H and O–H groups in total. The highest BCUT2D eigenvalue weighted by Gasteiger charge is 2.29. The smallest absolute Gasteiger partial charge is 0.0406 e. The van der Waals surface area contributed by atoms with E-state index in [4.69, 9.17) is 11.6 Å². The Morgan fingerprint density at radius 2 is 1.63 bits per heavy atom. The molecule has 0 aliphatic heterocycles. The summed E-state index contributed by atoms with van der Waals surface area (Å²) in [7, 11) is 0. The van der Waals surface area contributed by atoms with Crippen molar-refractivity contribution >= 4 is 11.6 Å². The molecule has 0 unspecified atom stereocenters. The van der Waals surface area contributed by atoms with Crippen LogP contribution < -0.4 is 5.32 Å². The van der Waals surface area contributed by atoms with Gasteiger partial charge in [-0.05, 0) is 42.0 Å². The third-order valence-corrected chi connectivity index (χ3v) is 4.17. The molecule has 0 radical (unpaired) electrons. The maximum absolute atomic E-state index is 5.91. The number of hydrogen-bond acceptors (Lipinski definition) is 1. The summed E-state index contributed by atoms with van der Waals surface area (Å²) in [6.45, 7) is 0.971. The van der Waals surface area contributed by atoms with E-state index < -0.39 is 0 Å². The Kier molecular flexibility index (Phi) is 3.86. The molecule has 0 atom stereocenters. The molecule has 19 heavy (non-hydrogen) atoms. The lowest BCUT2D eigenvalue weighted by Gasteiger charge is -2.36. The molecule has 1 nitrogen and oxygen atoms in total. The summed E-state index contributed by atoms with van der Waals surface area (Å²) < 4.78 is 0. The van der Waals surface area contributed by atoms with Crippen LogP contribution in [0.25, 0.3) is 0 Å². The lowest BCUT2D eigenvalue weighted by atomic mass is 9.76. The van der Waals surface area contributed by atoms with Gasteiger partial charge in [-0.3, -0.25) is 0 Å². The quantitative estimate of drug-likeness (QED) is 0.870. The predicted octanol–water partition coefficient (Wildman–Crippen LogP) is 4.38. The second kappa shape index (κ2) is 5.77. The van der Waals surface area contributed by atoms with Gasteiger partial charge in [0.2, 0.25) is 0 Å². The van der Waals surface area contributed by atoms with E-state index >= 15 is 0 Å². The highest BCUT2D eigenvalue weighted by atomic mass is 35.5. The van der Waals surface area contributed by atoms with Crippen LogP contribution >= 0.6 is 11.6 Å². The fraction of sp³-hybridized carbons (Fsp3) is 0.294. The summed E-state index contributed by atoms with van der Waals surface area (Å²) in [5.41, 5.74) is 2.78. The molecule has 1 fully saturated rings. The Hall–Kier alpha value is -1.31. The van der Waals surface area contributed by atoms with Crippen molar-refractivity contribution in [2.45, 2.75) is 31.3 Å². The van der Waals surface area contributed by atoms with E-state index in [0.29, 0.717) is 12.0 Å². The fourth-order valence-corrected chi connectivity index (χ4v) is 2.78. The average molecular weight is 272 g/mol. The Morgan fingerprint density at radius 3 is 2.32 bits per heavy atom. The minimum Gasteiger partial charge on any atom is -0.310 e. The van der Waals surface area contributed by atoms with Crippen molar-refractivity contribution in [2.75, 3.05) is 0 Å². The summed E-state index contributed by atoms with van der Waals surface area (Å²) in [4.78, 5) is 0. The van der Waals surface area contributed by atoms with Gasteiger partial charge >= 0.3 is 0 Å². The van der Waals surface area contributed by atoms with Gasteiger partial charge in [0, 0.05) is 17.6 Å². The third kappa shape index (κ3) is 3.17. The van der Waals surface area contributed by atoms with E-state index in [2.05, 4.69) is 47.8 Å². The van der Waals surface area contributed by atoms with Crippen molar-refractivity contribution in [3.63, 3.8) is 0 Å². The highest BCUT2D eigenvalue weighted by molar-refractivity contribution is 6.30. The van der Waals surface area contributed by atoms with Crippen LogP contribution in [0.1, 0.15) is 29.9 Å². The topological polar surface area (TPSA) is 12.0 Å². The Morgan fingerprint density at radius 1 is 0.947 bits per heavy atom. The Labute approximate surface area is 119 Å². The Bertz CT molecular complexity index is 515. The van der Waals surface area contributed by atoms with E-state index in [9.17, 15) is 0 Å². The summed E-state index contributed by atoms with van der Waals surface area (Å²) >= 11 is 5.91. The first-order valence-corrected chi connectivity index (χ1v) is 7.22. The van der Waals surface area contributed by atoms with Gasteiger partial charge in [-0.1, -0.05) is 54.1 Å². The third-order valence-electron chi connectivity index (χ3n) is 3.92. The van der Waals surface area contributed by atoms with Gasteiger partial charge in [0.1, 0.15) is 0 Å². The van der Waals surface area contributed by atoms with Crippen LogP contribution in [-0.2, 0) is 6.54 Å². The van der Waals surface area contributed by atoms with Crippen molar-refractivity contribution in [1.82, 2.24) is 5.32 Å². The van der Waals surface area contributed by atoms with Crippen molar-refractivity contribution in [3.8, 4) is 0 Å². The Balaban J connectivity index is 1.47. The minimum atomic E-state index is 0.654. The molecule has 0 spiro atoms. The zero-order valence-electron chi connectivity index (χ0n) is 10.9. The average Bonchev–Trinajstić information content (AvgIpc) is 2.40. The van der Waals surface area contributed by atoms with Crippen LogP contribution in [0.5, 0.6) is 0 Å². The zero-order chi connectivity index (χ0) is 13.1. The molecule has 1 aliphatic carbocycles. The number of hydrogen-bond donors (Lipinski definition) is 1. The highest BCUT2D eigenvalue weighted by Crippen LogP contribution is 2.37. The van der Waals surface area contributed by atoms with Crippen LogP contribution in [0.4, 0.5) is 0 Å². The monoisotopic (exact) mass is 271 g/mol. The number of benzene rings is 2. The molecule has 0 amide bonds.